The molecule has 3 nitrogen and oxygen atoms in total. The Morgan fingerprint density at radius 3 is 1.39 bits per heavy atom. The molecule has 7 aromatic rings. The maximum absolute atomic E-state index is 5.11. The number of fused-ring (bicyclic) bond motifs is 4. The Morgan fingerprint density at radius 1 is 0.348 bits per heavy atom. The van der Waals surface area contributed by atoms with E-state index in [-0.39, 0.29) is 10.8 Å². The van der Waals surface area contributed by atoms with Crippen molar-refractivity contribution >= 4 is 10.8 Å². The zero-order chi connectivity index (χ0) is 31.5. The van der Waals surface area contributed by atoms with E-state index in [1.165, 1.54) is 38.8 Å². The van der Waals surface area contributed by atoms with Crippen molar-refractivity contribution in [3.63, 3.8) is 0 Å². The van der Waals surface area contributed by atoms with E-state index < -0.39 is 0 Å². The third-order valence-electron chi connectivity index (χ3n) is 10.3. The minimum Gasteiger partial charge on any atom is -0.208 e. The highest BCUT2D eigenvalue weighted by Crippen LogP contribution is 2.55. The quantitative estimate of drug-likeness (QED) is 0.204. The molecule has 0 bridgehead atoms. The molecule has 1 heterocycles. The van der Waals surface area contributed by atoms with Crippen molar-refractivity contribution in [2.45, 2.75) is 38.5 Å². The Balaban J connectivity index is 1.29. The minimum absolute atomic E-state index is 0.122. The summed E-state index contributed by atoms with van der Waals surface area (Å²) in [6.45, 7) is 9.50. The van der Waals surface area contributed by atoms with Crippen LogP contribution in [0.4, 0.5) is 0 Å². The molecule has 1 aliphatic carbocycles. The lowest BCUT2D eigenvalue weighted by Crippen LogP contribution is -2.43. The van der Waals surface area contributed by atoms with Gasteiger partial charge in [-0.25, -0.2) is 15.0 Å². The highest BCUT2D eigenvalue weighted by Gasteiger charge is 2.46. The molecule has 0 radical (unpaired) electrons. The SMILES string of the molecule is CC1(C)c2cc(-c3ccccc3)ccc2-c2ccc(-c3nc(-c4ccccc4)nc(-c4ccc5ccccc5c4)n3)cc2C1(C)C. The number of aromatic nitrogens is 3. The zero-order valence-corrected chi connectivity index (χ0v) is 26.6. The van der Waals surface area contributed by atoms with Gasteiger partial charge in [-0.05, 0) is 73.2 Å². The molecule has 0 unspecified atom stereocenters. The molecule has 0 amide bonds. The molecule has 0 saturated heterocycles. The van der Waals surface area contributed by atoms with Gasteiger partial charge in [-0.1, -0.05) is 149 Å². The maximum atomic E-state index is 5.11. The maximum Gasteiger partial charge on any atom is 0.164 e. The largest absolute Gasteiger partial charge is 0.208 e. The van der Waals surface area contributed by atoms with Gasteiger partial charge in [-0.3, -0.25) is 0 Å². The minimum atomic E-state index is -0.156. The molecule has 1 aromatic heterocycles. The van der Waals surface area contributed by atoms with Crippen molar-refractivity contribution in [1.29, 1.82) is 0 Å². The van der Waals surface area contributed by atoms with E-state index in [1.54, 1.807) is 0 Å². The molecule has 8 rings (SSSR count). The van der Waals surface area contributed by atoms with E-state index >= 15 is 0 Å². The lowest BCUT2D eigenvalue weighted by Gasteiger charge is -2.48. The molecule has 0 fully saturated rings. The van der Waals surface area contributed by atoms with Gasteiger partial charge in [-0.2, -0.15) is 0 Å². The normalized spacial score (nSPS) is 14.4. The summed E-state index contributed by atoms with van der Waals surface area (Å²) in [7, 11) is 0. The van der Waals surface area contributed by atoms with Crippen LogP contribution in [0.15, 0.2) is 140 Å². The lowest BCUT2D eigenvalue weighted by atomic mass is 9.55. The molecule has 0 atom stereocenters. The Labute approximate surface area is 270 Å². The van der Waals surface area contributed by atoms with Crippen LogP contribution in [0.3, 0.4) is 0 Å². The summed E-state index contributed by atoms with van der Waals surface area (Å²) in [5.41, 5.74) is 10.4. The molecule has 6 aromatic carbocycles. The monoisotopic (exact) mass is 593 g/mol. The van der Waals surface area contributed by atoms with Crippen LogP contribution in [0.2, 0.25) is 0 Å². The van der Waals surface area contributed by atoms with E-state index in [9.17, 15) is 0 Å². The zero-order valence-electron chi connectivity index (χ0n) is 26.6. The van der Waals surface area contributed by atoms with Crippen LogP contribution < -0.4 is 0 Å². The molecular formula is C43H35N3. The summed E-state index contributed by atoms with van der Waals surface area (Å²) in [5.74, 6) is 2.02. The second-order valence-corrected chi connectivity index (χ2v) is 13.4. The summed E-state index contributed by atoms with van der Waals surface area (Å²) < 4.78 is 0. The van der Waals surface area contributed by atoms with E-state index in [4.69, 9.17) is 15.0 Å². The third kappa shape index (κ3) is 4.54. The van der Waals surface area contributed by atoms with Crippen molar-refractivity contribution in [2.24, 2.45) is 0 Å². The average Bonchev–Trinajstić information content (AvgIpc) is 3.11. The molecule has 0 aliphatic heterocycles. The number of benzene rings is 6. The first-order valence-electron chi connectivity index (χ1n) is 16.0. The smallest absolute Gasteiger partial charge is 0.164 e. The van der Waals surface area contributed by atoms with Crippen LogP contribution in [-0.4, -0.2) is 15.0 Å². The van der Waals surface area contributed by atoms with Crippen LogP contribution in [0.1, 0.15) is 38.8 Å². The predicted octanol–water partition coefficient (Wildman–Crippen LogP) is 10.9. The van der Waals surface area contributed by atoms with E-state index in [0.29, 0.717) is 17.5 Å². The lowest BCUT2D eigenvalue weighted by molar-refractivity contribution is 0.299. The first-order chi connectivity index (χ1) is 22.3. The molecular weight excluding hydrogens is 558 g/mol. The molecule has 0 N–H and O–H groups in total. The fourth-order valence-electron chi connectivity index (χ4n) is 6.89. The number of hydrogen-bond donors (Lipinski definition) is 0. The first kappa shape index (κ1) is 28.1. The summed E-state index contributed by atoms with van der Waals surface area (Å²) >= 11 is 0. The third-order valence-corrected chi connectivity index (χ3v) is 10.3. The Hall–Kier alpha value is -5.41. The van der Waals surface area contributed by atoms with Crippen LogP contribution in [-0.2, 0) is 10.8 Å². The van der Waals surface area contributed by atoms with Crippen molar-refractivity contribution in [2.75, 3.05) is 0 Å². The molecule has 3 heteroatoms. The van der Waals surface area contributed by atoms with E-state index in [2.05, 4.69) is 149 Å². The van der Waals surface area contributed by atoms with E-state index in [1.807, 2.05) is 18.2 Å². The van der Waals surface area contributed by atoms with Crippen LogP contribution >= 0.6 is 0 Å². The summed E-state index contributed by atoms with van der Waals surface area (Å²) in [4.78, 5) is 15.2. The number of rotatable bonds is 4. The second kappa shape index (κ2) is 10.6. The summed E-state index contributed by atoms with van der Waals surface area (Å²) in [5, 5.41) is 2.36. The predicted molar refractivity (Wildman–Crippen MR) is 191 cm³/mol. The van der Waals surface area contributed by atoms with Crippen LogP contribution in [0.5, 0.6) is 0 Å². The van der Waals surface area contributed by atoms with Crippen molar-refractivity contribution < 1.29 is 0 Å². The first-order valence-corrected chi connectivity index (χ1v) is 16.0. The van der Waals surface area contributed by atoms with Crippen LogP contribution in [0, 0.1) is 0 Å². The summed E-state index contributed by atoms with van der Waals surface area (Å²) in [6, 6.07) is 49.4. The number of hydrogen-bond acceptors (Lipinski definition) is 3. The van der Waals surface area contributed by atoms with Gasteiger partial charge in [-0.15, -0.1) is 0 Å². The van der Waals surface area contributed by atoms with Gasteiger partial charge in [0.05, 0.1) is 0 Å². The van der Waals surface area contributed by atoms with Gasteiger partial charge in [0.2, 0.25) is 0 Å². The molecule has 222 valence electrons. The van der Waals surface area contributed by atoms with Crippen molar-refractivity contribution in [3.05, 3.63) is 151 Å². The van der Waals surface area contributed by atoms with Gasteiger partial charge in [0, 0.05) is 16.7 Å². The van der Waals surface area contributed by atoms with Gasteiger partial charge >= 0.3 is 0 Å². The Bertz CT molecular complexity index is 2250. The topological polar surface area (TPSA) is 38.7 Å². The van der Waals surface area contributed by atoms with Crippen molar-refractivity contribution in [1.82, 2.24) is 15.0 Å². The second-order valence-electron chi connectivity index (χ2n) is 13.4. The van der Waals surface area contributed by atoms with Crippen molar-refractivity contribution in [3.8, 4) is 56.4 Å². The highest BCUT2D eigenvalue weighted by molar-refractivity contribution is 5.87. The van der Waals surface area contributed by atoms with Gasteiger partial charge in [0.25, 0.3) is 0 Å². The van der Waals surface area contributed by atoms with Crippen LogP contribution in [0.25, 0.3) is 67.2 Å². The fourth-order valence-corrected chi connectivity index (χ4v) is 6.89. The molecule has 0 spiro atoms. The highest BCUT2D eigenvalue weighted by atomic mass is 15.0. The number of nitrogens with zero attached hydrogens (tertiary/aromatic N) is 3. The molecule has 1 aliphatic rings. The van der Waals surface area contributed by atoms with Gasteiger partial charge in [0.15, 0.2) is 17.5 Å². The fraction of sp³-hybridized carbons (Fsp3) is 0.140. The van der Waals surface area contributed by atoms with E-state index in [0.717, 1.165) is 22.1 Å². The summed E-state index contributed by atoms with van der Waals surface area (Å²) in [6.07, 6.45) is 0. The van der Waals surface area contributed by atoms with Gasteiger partial charge < -0.3 is 0 Å². The van der Waals surface area contributed by atoms with Gasteiger partial charge in [0.1, 0.15) is 0 Å². The Morgan fingerprint density at radius 2 is 0.783 bits per heavy atom. The average molecular weight is 594 g/mol. The molecule has 0 saturated carbocycles. The standard InChI is InChI=1S/C43H35N3/c1-42(2)37-26-32(28-13-7-5-8-14-28)21-23-35(37)36-24-22-34(27-38(36)43(42,3)4)41-45-39(30-16-9-6-10-17-30)44-40(46-41)33-20-19-29-15-11-12-18-31(29)25-33/h5-27H,1-4H3. The molecule has 46 heavy (non-hydrogen) atoms. The Kier molecular flexibility index (Phi) is 6.47.